The zero-order valence-corrected chi connectivity index (χ0v) is 16.0. The van der Waals surface area contributed by atoms with E-state index in [0.717, 1.165) is 44.5 Å². The third-order valence-electron chi connectivity index (χ3n) is 4.60. The molecule has 2 atom stereocenters. The van der Waals surface area contributed by atoms with Gasteiger partial charge in [0.15, 0.2) is 0 Å². The van der Waals surface area contributed by atoms with Crippen LogP contribution < -0.4 is 10.6 Å². The third kappa shape index (κ3) is 5.56. The first-order chi connectivity index (χ1) is 11.1. The van der Waals surface area contributed by atoms with Crippen LogP contribution in [0.2, 0.25) is 0 Å². The van der Waals surface area contributed by atoms with E-state index in [1.54, 1.807) is 6.07 Å². The van der Waals surface area contributed by atoms with Crippen molar-refractivity contribution in [3.05, 3.63) is 23.9 Å². The Morgan fingerprint density at radius 2 is 2.04 bits per heavy atom. The first kappa shape index (κ1) is 21.7. The summed E-state index contributed by atoms with van der Waals surface area (Å²) in [6, 6.07) is 5.50. The minimum absolute atomic E-state index is 0. The van der Waals surface area contributed by atoms with Crippen LogP contribution >= 0.6 is 24.8 Å². The van der Waals surface area contributed by atoms with Crippen molar-refractivity contribution >= 4 is 42.4 Å². The lowest BCUT2D eigenvalue weighted by atomic mass is 9.96. The number of nitrogens with one attached hydrogen (secondary N) is 2. The summed E-state index contributed by atoms with van der Waals surface area (Å²) < 4.78 is 0. The molecule has 2 saturated heterocycles. The van der Waals surface area contributed by atoms with E-state index < -0.39 is 0 Å². The van der Waals surface area contributed by atoms with Gasteiger partial charge in [0.1, 0.15) is 5.82 Å². The van der Waals surface area contributed by atoms with Crippen molar-refractivity contribution in [1.82, 2.24) is 15.2 Å². The summed E-state index contributed by atoms with van der Waals surface area (Å²) in [5.41, 5.74) is 0.871. The van der Waals surface area contributed by atoms with Crippen LogP contribution in [0.15, 0.2) is 18.2 Å². The first-order valence-electron chi connectivity index (χ1n) is 8.40. The molecule has 0 aromatic carbocycles. The maximum absolute atomic E-state index is 12.5. The molecule has 3 heterocycles. The van der Waals surface area contributed by atoms with Gasteiger partial charge in [0.2, 0.25) is 11.8 Å². The van der Waals surface area contributed by atoms with Gasteiger partial charge in [-0.25, -0.2) is 4.98 Å². The number of nitrogens with zero attached hydrogens (tertiary/aromatic N) is 2. The second-order valence-electron chi connectivity index (χ2n) is 6.43. The molecule has 6 nitrogen and oxygen atoms in total. The number of hydrogen-bond donors (Lipinski definition) is 2. The number of pyridine rings is 1. The van der Waals surface area contributed by atoms with Gasteiger partial charge in [0.25, 0.3) is 0 Å². The standard InChI is InChI=1S/C17H24N4O2.2ClH/c1-12-5-2-8-15(19-12)20-16(22)13-6-4-10-21(11-13)17(23)14-7-3-9-18-14;;/h2,5,8,13-14,18H,3-4,6-7,9-11H2,1H3,(H,19,20,22);2*1H/t13?,14-;;/m0../s1. The van der Waals surface area contributed by atoms with Gasteiger partial charge in [-0.05, 0) is 51.3 Å². The zero-order valence-electron chi connectivity index (χ0n) is 14.4. The highest BCUT2D eigenvalue weighted by Gasteiger charge is 2.32. The predicted octanol–water partition coefficient (Wildman–Crippen LogP) is 2.16. The van der Waals surface area contributed by atoms with E-state index in [0.29, 0.717) is 12.4 Å². The molecule has 25 heavy (non-hydrogen) atoms. The number of anilines is 1. The summed E-state index contributed by atoms with van der Waals surface area (Å²) in [5.74, 6) is 0.529. The summed E-state index contributed by atoms with van der Waals surface area (Å²) in [7, 11) is 0. The molecule has 8 heteroatoms. The average Bonchev–Trinajstić information content (AvgIpc) is 3.09. The summed E-state index contributed by atoms with van der Waals surface area (Å²) in [5, 5.41) is 6.12. The molecule has 1 aromatic rings. The molecule has 3 rings (SSSR count). The number of halogens is 2. The Kier molecular flexibility index (Phi) is 8.62. The molecule has 1 unspecified atom stereocenters. The lowest BCUT2D eigenvalue weighted by Crippen LogP contribution is -2.49. The maximum atomic E-state index is 12.5. The second kappa shape index (κ2) is 9.94. The van der Waals surface area contributed by atoms with Crippen molar-refractivity contribution in [3.63, 3.8) is 0 Å². The van der Waals surface area contributed by atoms with Gasteiger partial charge in [-0.1, -0.05) is 6.07 Å². The monoisotopic (exact) mass is 388 g/mol. The van der Waals surface area contributed by atoms with E-state index in [1.165, 1.54) is 0 Å². The van der Waals surface area contributed by atoms with Crippen molar-refractivity contribution in [2.75, 3.05) is 25.0 Å². The number of aromatic nitrogens is 1. The molecule has 1 aromatic heterocycles. The number of carbonyl (C=O) groups is 2. The molecular weight excluding hydrogens is 363 g/mol. The molecule has 2 aliphatic rings. The lowest BCUT2D eigenvalue weighted by Gasteiger charge is -2.33. The Bertz CT molecular complexity index is 594. The summed E-state index contributed by atoms with van der Waals surface area (Å²) in [4.78, 5) is 31.1. The molecule has 2 amide bonds. The van der Waals surface area contributed by atoms with Gasteiger partial charge in [0.05, 0.1) is 12.0 Å². The minimum Gasteiger partial charge on any atom is -0.341 e. The van der Waals surface area contributed by atoms with Gasteiger partial charge in [-0.3, -0.25) is 9.59 Å². The molecule has 0 saturated carbocycles. The fourth-order valence-electron chi connectivity index (χ4n) is 3.35. The molecular formula is C17H26Cl2N4O2. The highest BCUT2D eigenvalue weighted by atomic mass is 35.5. The zero-order chi connectivity index (χ0) is 16.2. The molecule has 0 spiro atoms. The highest BCUT2D eigenvalue weighted by molar-refractivity contribution is 5.92. The topological polar surface area (TPSA) is 74.3 Å². The molecule has 2 aliphatic heterocycles. The summed E-state index contributed by atoms with van der Waals surface area (Å²) in [6.07, 6.45) is 3.64. The van der Waals surface area contributed by atoms with Gasteiger partial charge in [-0.2, -0.15) is 0 Å². The highest BCUT2D eigenvalue weighted by Crippen LogP contribution is 2.20. The third-order valence-corrected chi connectivity index (χ3v) is 4.60. The predicted molar refractivity (Wildman–Crippen MR) is 102 cm³/mol. The summed E-state index contributed by atoms with van der Waals surface area (Å²) in [6.45, 7) is 4.07. The quantitative estimate of drug-likeness (QED) is 0.831. The van der Waals surface area contributed by atoms with Gasteiger partial charge >= 0.3 is 0 Å². The SMILES string of the molecule is Cc1cccc(NC(=O)C2CCCN(C(=O)[C@@H]3CCCN3)C2)n1.Cl.Cl. The Morgan fingerprint density at radius 3 is 2.72 bits per heavy atom. The van der Waals surface area contributed by atoms with Crippen molar-refractivity contribution in [2.45, 2.75) is 38.6 Å². The number of amides is 2. The summed E-state index contributed by atoms with van der Waals surface area (Å²) >= 11 is 0. The minimum atomic E-state index is -0.156. The van der Waals surface area contributed by atoms with Crippen LogP contribution in [0.1, 0.15) is 31.4 Å². The van der Waals surface area contributed by atoms with Gasteiger partial charge < -0.3 is 15.5 Å². The van der Waals surface area contributed by atoms with E-state index in [-0.39, 0.29) is 48.6 Å². The van der Waals surface area contributed by atoms with E-state index in [9.17, 15) is 9.59 Å². The van der Waals surface area contributed by atoms with Crippen LogP contribution in [0.25, 0.3) is 0 Å². The Morgan fingerprint density at radius 1 is 1.24 bits per heavy atom. The largest absolute Gasteiger partial charge is 0.341 e. The molecule has 2 N–H and O–H groups in total. The number of aryl methyl sites for hydroxylation is 1. The van der Waals surface area contributed by atoms with E-state index in [1.807, 2.05) is 24.0 Å². The smallest absolute Gasteiger partial charge is 0.239 e. The van der Waals surface area contributed by atoms with Gasteiger partial charge in [0, 0.05) is 18.8 Å². The van der Waals surface area contributed by atoms with Crippen LogP contribution in [0.4, 0.5) is 5.82 Å². The van der Waals surface area contributed by atoms with Crippen molar-refractivity contribution in [2.24, 2.45) is 5.92 Å². The first-order valence-corrected chi connectivity index (χ1v) is 8.40. The Labute approximate surface area is 161 Å². The number of piperidine rings is 1. The molecule has 0 radical (unpaired) electrons. The van der Waals surface area contributed by atoms with Crippen LogP contribution in [-0.2, 0) is 9.59 Å². The van der Waals surface area contributed by atoms with Crippen LogP contribution in [0, 0.1) is 12.8 Å². The van der Waals surface area contributed by atoms with Crippen LogP contribution in [0.3, 0.4) is 0 Å². The van der Waals surface area contributed by atoms with Gasteiger partial charge in [-0.15, -0.1) is 24.8 Å². The number of hydrogen-bond acceptors (Lipinski definition) is 4. The molecule has 140 valence electrons. The van der Waals surface area contributed by atoms with Crippen LogP contribution in [-0.4, -0.2) is 47.4 Å². The second-order valence-corrected chi connectivity index (χ2v) is 6.43. The maximum Gasteiger partial charge on any atom is 0.239 e. The molecule has 2 fully saturated rings. The fraction of sp³-hybridized carbons (Fsp3) is 0.588. The molecule has 0 aliphatic carbocycles. The van der Waals surface area contributed by atoms with Crippen molar-refractivity contribution < 1.29 is 9.59 Å². The van der Waals surface area contributed by atoms with Crippen molar-refractivity contribution in [1.29, 1.82) is 0 Å². The lowest BCUT2D eigenvalue weighted by molar-refractivity contribution is -0.136. The van der Waals surface area contributed by atoms with E-state index in [2.05, 4.69) is 15.6 Å². The van der Waals surface area contributed by atoms with Crippen LogP contribution in [0.5, 0.6) is 0 Å². The van der Waals surface area contributed by atoms with Crippen molar-refractivity contribution in [3.8, 4) is 0 Å². The Balaban J connectivity index is 0.00000156. The number of rotatable bonds is 3. The van der Waals surface area contributed by atoms with E-state index >= 15 is 0 Å². The fourth-order valence-corrected chi connectivity index (χ4v) is 3.35. The number of likely N-dealkylation sites (tertiary alicyclic amines) is 1. The molecule has 0 bridgehead atoms. The normalized spacial score (nSPS) is 22.5. The Hall–Kier alpha value is -1.37. The average molecular weight is 389 g/mol. The number of carbonyl (C=O) groups excluding carboxylic acids is 2. The van der Waals surface area contributed by atoms with E-state index in [4.69, 9.17) is 0 Å².